The summed E-state index contributed by atoms with van der Waals surface area (Å²) in [6, 6.07) is 9.87. The molecule has 7 heteroatoms. The molecule has 1 saturated heterocycles. The fourth-order valence-electron chi connectivity index (χ4n) is 3.35. The highest BCUT2D eigenvalue weighted by Gasteiger charge is 2.22. The molecule has 0 saturated carbocycles. The van der Waals surface area contributed by atoms with Crippen LogP contribution in [0.5, 0.6) is 0 Å². The molecule has 1 fully saturated rings. The molecule has 0 amide bonds. The van der Waals surface area contributed by atoms with E-state index in [2.05, 4.69) is 52.4 Å². The number of piperazine rings is 1. The van der Waals surface area contributed by atoms with Crippen molar-refractivity contribution in [2.45, 2.75) is 25.7 Å². The number of pyridine rings is 1. The monoisotopic (exact) mass is 400 g/mol. The van der Waals surface area contributed by atoms with Gasteiger partial charge in [0, 0.05) is 43.8 Å². The smallest absolute Gasteiger partial charge is 0.337 e. The van der Waals surface area contributed by atoms with Gasteiger partial charge in [-0.15, -0.1) is 0 Å². The third kappa shape index (κ3) is 5.39. The van der Waals surface area contributed by atoms with Crippen LogP contribution in [-0.2, 0) is 0 Å². The summed E-state index contributed by atoms with van der Waals surface area (Å²) in [7, 11) is 0. The normalized spacial score (nSPS) is 15.1. The lowest BCUT2D eigenvalue weighted by molar-refractivity contribution is 0.0696. The highest BCUT2D eigenvalue weighted by atomic mass is 32.2. The first-order valence-corrected chi connectivity index (χ1v) is 10.4. The summed E-state index contributed by atoms with van der Waals surface area (Å²) in [5.74, 6) is 0.501. The SMILES string of the molecule is Cc1cccc(SNc2cc(C(=O)O)cnc2N2CCN(CC(C)C)CC2)c1. The zero-order valence-electron chi connectivity index (χ0n) is 16.7. The van der Waals surface area contributed by atoms with E-state index < -0.39 is 5.97 Å². The van der Waals surface area contributed by atoms with Crippen LogP contribution in [-0.4, -0.2) is 53.7 Å². The first-order valence-electron chi connectivity index (χ1n) is 9.62. The number of aryl methyl sites for hydroxylation is 1. The number of nitrogens with zero attached hydrogens (tertiary/aromatic N) is 3. The Morgan fingerprint density at radius 3 is 2.64 bits per heavy atom. The summed E-state index contributed by atoms with van der Waals surface area (Å²) in [5.41, 5.74) is 2.11. The van der Waals surface area contributed by atoms with Crippen LogP contribution in [0.2, 0.25) is 0 Å². The quantitative estimate of drug-likeness (QED) is 0.681. The number of hydrogen-bond donors (Lipinski definition) is 2. The Kier molecular flexibility index (Phi) is 6.80. The Morgan fingerprint density at radius 1 is 1.25 bits per heavy atom. The molecule has 0 bridgehead atoms. The predicted molar refractivity (Wildman–Crippen MR) is 115 cm³/mol. The molecule has 1 aliphatic heterocycles. The van der Waals surface area contributed by atoms with Gasteiger partial charge in [-0.05, 0) is 48.6 Å². The van der Waals surface area contributed by atoms with Crippen LogP contribution < -0.4 is 9.62 Å². The van der Waals surface area contributed by atoms with Gasteiger partial charge in [-0.3, -0.25) is 4.90 Å². The second-order valence-electron chi connectivity index (χ2n) is 7.60. The lowest BCUT2D eigenvalue weighted by atomic mass is 10.2. The van der Waals surface area contributed by atoms with Crippen molar-refractivity contribution in [2.75, 3.05) is 42.3 Å². The molecule has 0 atom stereocenters. The minimum Gasteiger partial charge on any atom is -0.478 e. The Labute approximate surface area is 171 Å². The van der Waals surface area contributed by atoms with Gasteiger partial charge in [0.05, 0.1) is 11.3 Å². The Bertz CT molecular complexity index is 820. The average Bonchev–Trinajstić information content (AvgIpc) is 2.66. The number of rotatable bonds is 7. The summed E-state index contributed by atoms with van der Waals surface area (Å²) in [6.07, 6.45) is 1.45. The summed E-state index contributed by atoms with van der Waals surface area (Å²) in [6.45, 7) is 11.4. The van der Waals surface area contributed by atoms with Crippen LogP contribution in [0.25, 0.3) is 0 Å². The van der Waals surface area contributed by atoms with Crippen molar-refractivity contribution in [1.29, 1.82) is 0 Å². The van der Waals surface area contributed by atoms with Gasteiger partial charge in [0.15, 0.2) is 5.82 Å². The molecule has 1 aliphatic rings. The number of anilines is 2. The molecule has 28 heavy (non-hydrogen) atoms. The van der Waals surface area contributed by atoms with E-state index in [1.807, 2.05) is 12.1 Å². The highest BCUT2D eigenvalue weighted by Crippen LogP contribution is 2.30. The predicted octanol–water partition coefficient (Wildman–Crippen LogP) is 3.99. The van der Waals surface area contributed by atoms with E-state index in [1.54, 1.807) is 6.07 Å². The van der Waals surface area contributed by atoms with Crippen LogP contribution in [0.3, 0.4) is 0 Å². The number of aromatic nitrogens is 1. The average molecular weight is 401 g/mol. The minimum atomic E-state index is -0.968. The van der Waals surface area contributed by atoms with Gasteiger partial charge in [0.1, 0.15) is 0 Å². The largest absolute Gasteiger partial charge is 0.478 e. The summed E-state index contributed by atoms with van der Waals surface area (Å²) in [4.78, 5) is 21.7. The zero-order chi connectivity index (χ0) is 20.1. The Balaban J connectivity index is 1.76. The van der Waals surface area contributed by atoms with Crippen LogP contribution >= 0.6 is 11.9 Å². The molecule has 6 nitrogen and oxygen atoms in total. The third-order valence-electron chi connectivity index (χ3n) is 4.68. The van der Waals surface area contributed by atoms with Gasteiger partial charge in [-0.1, -0.05) is 26.0 Å². The number of carbonyl (C=O) groups is 1. The molecule has 2 aromatic rings. The Morgan fingerprint density at radius 2 is 2.00 bits per heavy atom. The van der Waals surface area contributed by atoms with Gasteiger partial charge in [-0.25, -0.2) is 9.78 Å². The zero-order valence-corrected chi connectivity index (χ0v) is 17.5. The van der Waals surface area contributed by atoms with Crippen molar-refractivity contribution in [1.82, 2.24) is 9.88 Å². The van der Waals surface area contributed by atoms with Gasteiger partial charge in [0.2, 0.25) is 0 Å². The maximum absolute atomic E-state index is 11.4. The molecule has 3 rings (SSSR count). The molecule has 0 aliphatic carbocycles. The van der Waals surface area contributed by atoms with E-state index in [0.29, 0.717) is 5.92 Å². The number of benzene rings is 1. The van der Waals surface area contributed by atoms with Crippen LogP contribution in [0, 0.1) is 12.8 Å². The van der Waals surface area contributed by atoms with Gasteiger partial charge in [-0.2, -0.15) is 0 Å². The maximum atomic E-state index is 11.4. The van der Waals surface area contributed by atoms with Gasteiger partial charge in [0.25, 0.3) is 0 Å². The van der Waals surface area contributed by atoms with E-state index in [-0.39, 0.29) is 5.56 Å². The van der Waals surface area contributed by atoms with Crippen LogP contribution in [0.15, 0.2) is 41.4 Å². The number of hydrogen-bond acceptors (Lipinski definition) is 6. The van der Waals surface area contributed by atoms with Crippen LogP contribution in [0.1, 0.15) is 29.8 Å². The topological polar surface area (TPSA) is 68.7 Å². The molecule has 0 spiro atoms. The van der Waals surface area contributed by atoms with Gasteiger partial charge < -0.3 is 14.7 Å². The van der Waals surface area contributed by atoms with E-state index in [9.17, 15) is 9.90 Å². The molecule has 0 radical (unpaired) electrons. The summed E-state index contributed by atoms with van der Waals surface area (Å²) < 4.78 is 3.33. The van der Waals surface area contributed by atoms with Gasteiger partial charge >= 0.3 is 5.97 Å². The highest BCUT2D eigenvalue weighted by molar-refractivity contribution is 8.00. The second kappa shape index (κ2) is 9.30. The summed E-state index contributed by atoms with van der Waals surface area (Å²) >= 11 is 1.48. The fraction of sp³-hybridized carbons (Fsp3) is 0.429. The van der Waals surface area contributed by atoms with Crippen molar-refractivity contribution in [3.63, 3.8) is 0 Å². The fourth-order valence-corrected chi connectivity index (χ4v) is 4.12. The van der Waals surface area contributed by atoms with Crippen molar-refractivity contribution in [3.8, 4) is 0 Å². The van der Waals surface area contributed by atoms with Crippen LogP contribution in [0.4, 0.5) is 11.5 Å². The molecule has 150 valence electrons. The standard InChI is InChI=1S/C21H28N4O2S/c1-15(2)14-24-7-9-25(10-8-24)20-19(12-17(13-22-20)21(26)27)23-28-18-6-4-5-16(3)11-18/h4-6,11-13,15,23H,7-10,14H2,1-3H3,(H,26,27). The van der Waals surface area contributed by atoms with Crippen molar-refractivity contribution < 1.29 is 9.90 Å². The molecule has 1 aromatic heterocycles. The molecule has 2 N–H and O–H groups in total. The molecule has 0 unspecified atom stereocenters. The first kappa shape index (κ1) is 20.5. The molecule has 1 aromatic carbocycles. The minimum absolute atomic E-state index is 0.189. The number of carboxylic acids is 1. The maximum Gasteiger partial charge on any atom is 0.337 e. The van der Waals surface area contributed by atoms with E-state index >= 15 is 0 Å². The molecular formula is C21H28N4O2S. The van der Waals surface area contributed by atoms with Crippen molar-refractivity contribution >= 4 is 29.4 Å². The third-order valence-corrected chi connectivity index (χ3v) is 5.49. The van der Waals surface area contributed by atoms with Crippen molar-refractivity contribution in [2.24, 2.45) is 5.92 Å². The lowest BCUT2D eigenvalue weighted by Crippen LogP contribution is -2.47. The summed E-state index contributed by atoms with van der Waals surface area (Å²) in [5, 5.41) is 9.36. The second-order valence-corrected chi connectivity index (χ2v) is 8.48. The van der Waals surface area contributed by atoms with E-state index in [4.69, 9.17) is 0 Å². The number of nitrogens with one attached hydrogen (secondary N) is 1. The molecule has 2 heterocycles. The van der Waals surface area contributed by atoms with Crippen molar-refractivity contribution in [3.05, 3.63) is 47.7 Å². The first-order chi connectivity index (χ1) is 13.4. The van der Waals surface area contributed by atoms with E-state index in [0.717, 1.165) is 49.1 Å². The lowest BCUT2D eigenvalue weighted by Gasteiger charge is -2.36. The molecular weight excluding hydrogens is 372 g/mol. The number of aromatic carboxylic acids is 1. The Hall–Kier alpha value is -2.25. The number of carboxylic acid groups (broad SMARTS) is 1. The van der Waals surface area contributed by atoms with E-state index in [1.165, 1.54) is 23.7 Å².